The van der Waals surface area contributed by atoms with Gasteiger partial charge in [0.1, 0.15) is 17.9 Å². The number of carbonyl (C=O) groups is 2. The Morgan fingerprint density at radius 2 is 2.00 bits per heavy atom. The van der Waals surface area contributed by atoms with Crippen LogP contribution in [0.4, 0.5) is 5.69 Å². The van der Waals surface area contributed by atoms with Crippen LogP contribution in [0.15, 0.2) is 41.4 Å². The predicted molar refractivity (Wildman–Crippen MR) is 106 cm³/mol. The van der Waals surface area contributed by atoms with Crippen molar-refractivity contribution in [3.8, 4) is 5.75 Å². The highest BCUT2D eigenvalue weighted by Crippen LogP contribution is 2.25. The molecule has 0 radical (unpaired) electrons. The summed E-state index contributed by atoms with van der Waals surface area (Å²) in [7, 11) is 2.77. The number of hydrogen-bond donors (Lipinski definition) is 0. The van der Waals surface area contributed by atoms with Gasteiger partial charge in [0.05, 0.1) is 29.4 Å². The van der Waals surface area contributed by atoms with Crippen LogP contribution in [0, 0.1) is 10.1 Å². The maximum Gasteiger partial charge on any atom is 0.325 e. The number of rotatable bonds is 5. The van der Waals surface area contributed by atoms with Gasteiger partial charge in [-0.05, 0) is 30.3 Å². The number of methoxy groups -OCH3 is 2. The highest BCUT2D eigenvalue weighted by atomic mass is 35.5. The molecule has 0 aliphatic rings. The molecule has 1 amide bonds. The summed E-state index contributed by atoms with van der Waals surface area (Å²) in [5, 5.41) is 11.4. The smallest absolute Gasteiger partial charge is 0.325 e. The number of thiazole rings is 1. The van der Waals surface area contributed by atoms with Crippen LogP contribution in [0.2, 0.25) is 5.02 Å². The fraction of sp³-hybridized carbons (Fsp3) is 0.167. The van der Waals surface area contributed by atoms with E-state index in [0.29, 0.717) is 16.0 Å². The van der Waals surface area contributed by atoms with Crippen molar-refractivity contribution in [1.82, 2.24) is 4.57 Å². The second kappa shape index (κ2) is 8.41. The Morgan fingerprint density at radius 1 is 1.24 bits per heavy atom. The van der Waals surface area contributed by atoms with Crippen LogP contribution in [0.3, 0.4) is 0 Å². The van der Waals surface area contributed by atoms with E-state index in [4.69, 9.17) is 21.1 Å². The second-order valence-electron chi connectivity index (χ2n) is 5.72. The van der Waals surface area contributed by atoms with Gasteiger partial charge in [-0.2, -0.15) is 4.99 Å². The lowest BCUT2D eigenvalue weighted by atomic mass is 10.2. The van der Waals surface area contributed by atoms with E-state index in [2.05, 4.69) is 4.99 Å². The number of fused-ring (bicyclic) bond motifs is 1. The van der Waals surface area contributed by atoms with E-state index in [-0.39, 0.29) is 21.9 Å². The molecule has 9 nitrogen and oxygen atoms in total. The van der Waals surface area contributed by atoms with Gasteiger partial charge in [-0.3, -0.25) is 19.7 Å². The lowest BCUT2D eigenvalue weighted by Crippen LogP contribution is -2.22. The zero-order valence-corrected chi connectivity index (χ0v) is 16.8. The number of amides is 1. The number of ether oxygens (including phenoxy) is 2. The molecule has 11 heteroatoms. The molecule has 150 valence electrons. The van der Waals surface area contributed by atoms with Crippen LogP contribution in [0.5, 0.6) is 5.75 Å². The summed E-state index contributed by atoms with van der Waals surface area (Å²) in [4.78, 5) is 39.3. The number of hydrogen-bond acceptors (Lipinski definition) is 7. The Labute approximate surface area is 172 Å². The standard InChI is InChI=1S/C18H14ClN3O6S/c1-27-11-4-6-14-15(8-11)29-18(21(14)9-16(23)28-2)20-17(24)12-7-10(19)3-5-13(12)22(25)26/h3-8H,9H2,1-2H3. The molecule has 0 aliphatic carbocycles. The van der Waals surface area contributed by atoms with Crippen LogP contribution in [-0.4, -0.2) is 35.6 Å². The molecule has 0 spiro atoms. The molecule has 1 heterocycles. The molecule has 0 saturated heterocycles. The average Bonchev–Trinajstić information content (AvgIpc) is 3.03. The summed E-state index contributed by atoms with van der Waals surface area (Å²) in [5.41, 5.74) is -0.0269. The van der Waals surface area contributed by atoms with E-state index >= 15 is 0 Å². The lowest BCUT2D eigenvalue weighted by molar-refractivity contribution is -0.385. The molecule has 0 atom stereocenters. The molecule has 3 aromatic rings. The van der Waals surface area contributed by atoms with Crippen LogP contribution < -0.4 is 9.54 Å². The normalized spacial score (nSPS) is 11.5. The summed E-state index contributed by atoms with van der Waals surface area (Å²) in [6, 6.07) is 8.81. The van der Waals surface area contributed by atoms with Gasteiger partial charge >= 0.3 is 5.97 Å². The number of aromatic nitrogens is 1. The average molecular weight is 436 g/mol. The fourth-order valence-corrected chi connectivity index (χ4v) is 3.83. The van der Waals surface area contributed by atoms with Crippen molar-refractivity contribution < 1.29 is 24.0 Å². The quantitative estimate of drug-likeness (QED) is 0.345. The van der Waals surface area contributed by atoms with Crippen LogP contribution >= 0.6 is 22.9 Å². The maximum atomic E-state index is 12.7. The zero-order chi connectivity index (χ0) is 21.1. The number of nitro groups is 1. The maximum absolute atomic E-state index is 12.7. The van der Waals surface area contributed by atoms with E-state index in [1.54, 1.807) is 18.2 Å². The zero-order valence-electron chi connectivity index (χ0n) is 15.2. The predicted octanol–water partition coefficient (Wildman–Crippen LogP) is 3.19. The number of halogens is 1. The van der Waals surface area contributed by atoms with Crippen molar-refractivity contribution in [3.05, 3.63) is 61.9 Å². The molecular formula is C18H14ClN3O6S. The Morgan fingerprint density at radius 3 is 2.66 bits per heavy atom. The first-order chi connectivity index (χ1) is 13.8. The van der Waals surface area contributed by atoms with Crippen molar-refractivity contribution in [1.29, 1.82) is 0 Å². The van der Waals surface area contributed by atoms with Crippen molar-refractivity contribution in [3.63, 3.8) is 0 Å². The van der Waals surface area contributed by atoms with E-state index < -0.39 is 22.5 Å². The molecule has 1 aromatic heterocycles. The van der Waals surface area contributed by atoms with Crippen molar-refractivity contribution in [2.24, 2.45) is 4.99 Å². The van der Waals surface area contributed by atoms with Gasteiger partial charge in [-0.15, -0.1) is 0 Å². The van der Waals surface area contributed by atoms with Gasteiger partial charge in [-0.25, -0.2) is 0 Å². The van der Waals surface area contributed by atoms with Crippen molar-refractivity contribution >= 4 is 50.7 Å². The minimum absolute atomic E-state index is 0.165. The van der Waals surface area contributed by atoms with Crippen LogP contribution in [0.1, 0.15) is 10.4 Å². The monoisotopic (exact) mass is 435 g/mol. The molecule has 0 unspecified atom stereocenters. The Hall–Kier alpha value is -3.24. The van der Waals surface area contributed by atoms with E-state index in [1.807, 2.05) is 0 Å². The van der Waals surface area contributed by atoms with Gasteiger partial charge in [0.25, 0.3) is 11.6 Å². The number of benzene rings is 2. The molecule has 29 heavy (non-hydrogen) atoms. The Kier molecular flexibility index (Phi) is 5.95. The largest absolute Gasteiger partial charge is 0.497 e. The second-order valence-corrected chi connectivity index (χ2v) is 7.16. The SMILES string of the molecule is COC(=O)Cn1c(=NC(=O)c2cc(Cl)ccc2[N+](=O)[O-])sc2cc(OC)ccc21. The molecule has 0 aliphatic heterocycles. The first-order valence-corrected chi connectivity index (χ1v) is 9.30. The van der Waals surface area contributed by atoms with Gasteiger partial charge in [0, 0.05) is 11.1 Å². The minimum atomic E-state index is -0.851. The highest BCUT2D eigenvalue weighted by molar-refractivity contribution is 7.16. The van der Waals surface area contributed by atoms with Crippen LogP contribution in [-0.2, 0) is 16.1 Å². The van der Waals surface area contributed by atoms with E-state index in [1.165, 1.54) is 30.9 Å². The summed E-state index contributed by atoms with van der Waals surface area (Å²) in [6.45, 7) is -0.188. The molecule has 0 saturated carbocycles. The molecule has 0 fully saturated rings. The van der Waals surface area contributed by atoms with Gasteiger partial charge in [0.2, 0.25) is 0 Å². The Balaban J connectivity index is 2.20. The van der Waals surface area contributed by atoms with Gasteiger partial charge in [-0.1, -0.05) is 22.9 Å². The highest BCUT2D eigenvalue weighted by Gasteiger charge is 2.21. The van der Waals surface area contributed by atoms with Gasteiger partial charge < -0.3 is 14.0 Å². The third kappa shape index (κ3) is 4.28. The molecule has 3 rings (SSSR count). The first kappa shape index (κ1) is 20.5. The van der Waals surface area contributed by atoms with E-state index in [0.717, 1.165) is 17.4 Å². The molecule has 0 N–H and O–H groups in total. The number of nitrogens with zero attached hydrogens (tertiary/aromatic N) is 3. The minimum Gasteiger partial charge on any atom is -0.497 e. The number of carbonyl (C=O) groups excluding carboxylic acids is 2. The third-order valence-electron chi connectivity index (χ3n) is 3.99. The number of esters is 1. The summed E-state index contributed by atoms with van der Waals surface area (Å²) < 4.78 is 12.1. The molecule has 2 aromatic carbocycles. The number of nitro benzene ring substituents is 1. The van der Waals surface area contributed by atoms with Gasteiger partial charge in [0.15, 0.2) is 4.80 Å². The topological polar surface area (TPSA) is 113 Å². The third-order valence-corrected chi connectivity index (χ3v) is 5.26. The molecular weight excluding hydrogens is 422 g/mol. The first-order valence-electron chi connectivity index (χ1n) is 8.11. The van der Waals surface area contributed by atoms with E-state index in [9.17, 15) is 19.7 Å². The summed E-state index contributed by atoms with van der Waals surface area (Å²) >= 11 is 7.02. The summed E-state index contributed by atoms with van der Waals surface area (Å²) in [5.74, 6) is -0.799. The van der Waals surface area contributed by atoms with Crippen molar-refractivity contribution in [2.45, 2.75) is 6.54 Å². The van der Waals surface area contributed by atoms with Crippen molar-refractivity contribution in [2.75, 3.05) is 14.2 Å². The van der Waals surface area contributed by atoms with Crippen LogP contribution in [0.25, 0.3) is 10.2 Å². The lowest BCUT2D eigenvalue weighted by Gasteiger charge is -2.04. The Bertz CT molecular complexity index is 1200. The fourth-order valence-electron chi connectivity index (χ4n) is 2.60. The molecule has 0 bridgehead atoms. The summed E-state index contributed by atoms with van der Waals surface area (Å²) in [6.07, 6.45) is 0.